The number of rotatable bonds is 7. The number of nitrogens with one attached hydrogen (secondary N) is 1. The Morgan fingerprint density at radius 1 is 1.50 bits per heavy atom. The van der Waals surface area contributed by atoms with Crippen molar-refractivity contribution in [3.8, 4) is 5.75 Å². The fourth-order valence-corrected chi connectivity index (χ4v) is 1.53. The lowest BCUT2D eigenvalue weighted by molar-refractivity contribution is -0.126. The van der Waals surface area contributed by atoms with E-state index < -0.39 is 0 Å². The molecule has 1 aromatic carbocycles. The Balaban J connectivity index is 2.48. The standard InChI is InChI=1S/C13H20N2O3/c1-10(15-13(16)9-18-7-6-14)11-4-3-5-12(8-11)17-2/h3-5,8,10H,6-7,9,14H2,1-2H3,(H,15,16). The lowest BCUT2D eigenvalue weighted by atomic mass is 10.1. The Morgan fingerprint density at radius 3 is 2.94 bits per heavy atom. The number of carbonyl (C=O) groups excluding carboxylic acids is 1. The first-order valence-corrected chi connectivity index (χ1v) is 5.88. The van der Waals surface area contributed by atoms with Crippen LogP contribution in [0.25, 0.3) is 0 Å². The molecule has 1 atom stereocenters. The molecule has 0 saturated heterocycles. The van der Waals surface area contributed by atoms with Crippen molar-refractivity contribution in [1.82, 2.24) is 5.32 Å². The normalized spacial score (nSPS) is 11.9. The molecule has 0 aliphatic rings. The Bertz CT molecular complexity index is 382. The molecule has 1 amide bonds. The number of amides is 1. The van der Waals surface area contributed by atoms with Gasteiger partial charge in [-0.25, -0.2) is 0 Å². The van der Waals surface area contributed by atoms with Crippen molar-refractivity contribution < 1.29 is 14.3 Å². The van der Waals surface area contributed by atoms with Crippen molar-refractivity contribution in [2.24, 2.45) is 5.73 Å². The Labute approximate surface area is 107 Å². The van der Waals surface area contributed by atoms with Gasteiger partial charge in [0.15, 0.2) is 0 Å². The number of methoxy groups -OCH3 is 1. The second-order valence-electron chi connectivity index (χ2n) is 3.91. The van der Waals surface area contributed by atoms with Crippen molar-refractivity contribution in [2.75, 3.05) is 26.9 Å². The molecule has 18 heavy (non-hydrogen) atoms. The van der Waals surface area contributed by atoms with E-state index in [0.29, 0.717) is 13.2 Å². The van der Waals surface area contributed by atoms with Gasteiger partial charge in [0.1, 0.15) is 12.4 Å². The van der Waals surface area contributed by atoms with E-state index in [1.54, 1.807) is 7.11 Å². The maximum atomic E-state index is 11.5. The highest BCUT2D eigenvalue weighted by atomic mass is 16.5. The molecule has 5 nitrogen and oxygen atoms in total. The molecule has 5 heteroatoms. The van der Waals surface area contributed by atoms with E-state index in [4.69, 9.17) is 15.2 Å². The number of benzene rings is 1. The highest BCUT2D eigenvalue weighted by Crippen LogP contribution is 2.18. The van der Waals surface area contributed by atoms with Gasteiger partial charge in [-0.15, -0.1) is 0 Å². The predicted molar refractivity (Wildman–Crippen MR) is 69.4 cm³/mol. The number of hydrogen-bond donors (Lipinski definition) is 2. The number of carbonyl (C=O) groups is 1. The zero-order valence-electron chi connectivity index (χ0n) is 10.8. The monoisotopic (exact) mass is 252 g/mol. The SMILES string of the molecule is COc1cccc(C(C)NC(=O)COCCN)c1. The minimum absolute atomic E-state index is 0.0332. The molecular weight excluding hydrogens is 232 g/mol. The zero-order valence-corrected chi connectivity index (χ0v) is 10.8. The van der Waals surface area contributed by atoms with Gasteiger partial charge >= 0.3 is 0 Å². The van der Waals surface area contributed by atoms with Gasteiger partial charge in [0.2, 0.25) is 5.91 Å². The van der Waals surface area contributed by atoms with Gasteiger partial charge in [0, 0.05) is 6.54 Å². The van der Waals surface area contributed by atoms with Gasteiger partial charge in [0.25, 0.3) is 0 Å². The second-order valence-corrected chi connectivity index (χ2v) is 3.91. The first-order chi connectivity index (χ1) is 8.67. The van der Waals surface area contributed by atoms with E-state index >= 15 is 0 Å². The molecule has 0 radical (unpaired) electrons. The minimum Gasteiger partial charge on any atom is -0.497 e. The zero-order chi connectivity index (χ0) is 13.4. The van der Waals surface area contributed by atoms with Crippen LogP contribution in [0, 0.1) is 0 Å². The van der Waals surface area contributed by atoms with Crippen LogP contribution in [0.5, 0.6) is 5.75 Å². The highest BCUT2D eigenvalue weighted by molar-refractivity contribution is 5.77. The van der Waals surface area contributed by atoms with Crippen LogP contribution in [0.4, 0.5) is 0 Å². The number of ether oxygens (including phenoxy) is 2. The van der Waals surface area contributed by atoms with Crippen LogP contribution in [0.15, 0.2) is 24.3 Å². The largest absolute Gasteiger partial charge is 0.497 e. The molecule has 0 aliphatic heterocycles. The molecule has 1 aromatic rings. The van der Waals surface area contributed by atoms with E-state index in [1.807, 2.05) is 31.2 Å². The molecular formula is C13H20N2O3. The van der Waals surface area contributed by atoms with E-state index in [9.17, 15) is 4.79 Å². The lowest BCUT2D eigenvalue weighted by Crippen LogP contribution is -2.30. The van der Waals surface area contributed by atoms with Crippen LogP contribution in [0.3, 0.4) is 0 Å². The van der Waals surface area contributed by atoms with Crippen LogP contribution < -0.4 is 15.8 Å². The minimum atomic E-state index is -0.154. The van der Waals surface area contributed by atoms with E-state index in [0.717, 1.165) is 11.3 Å². The van der Waals surface area contributed by atoms with E-state index in [-0.39, 0.29) is 18.6 Å². The fourth-order valence-electron chi connectivity index (χ4n) is 1.53. The topological polar surface area (TPSA) is 73.6 Å². The van der Waals surface area contributed by atoms with Gasteiger partial charge in [-0.2, -0.15) is 0 Å². The lowest BCUT2D eigenvalue weighted by Gasteiger charge is -2.15. The van der Waals surface area contributed by atoms with Gasteiger partial charge in [-0.3, -0.25) is 4.79 Å². The predicted octanol–water partition coefficient (Wildman–Crippen LogP) is 0.848. The van der Waals surface area contributed by atoms with Crippen molar-refractivity contribution >= 4 is 5.91 Å². The number of nitrogens with two attached hydrogens (primary N) is 1. The average Bonchev–Trinajstić information content (AvgIpc) is 2.39. The average molecular weight is 252 g/mol. The molecule has 1 unspecified atom stereocenters. The van der Waals surface area contributed by atoms with Crippen molar-refractivity contribution in [1.29, 1.82) is 0 Å². The van der Waals surface area contributed by atoms with Crippen LogP contribution in [-0.4, -0.2) is 32.8 Å². The summed E-state index contributed by atoms with van der Waals surface area (Å²) in [5.74, 6) is 0.617. The first-order valence-electron chi connectivity index (χ1n) is 5.88. The van der Waals surface area contributed by atoms with Crippen molar-refractivity contribution in [3.63, 3.8) is 0 Å². The third kappa shape index (κ3) is 4.73. The van der Waals surface area contributed by atoms with E-state index in [1.165, 1.54) is 0 Å². The molecule has 0 spiro atoms. The summed E-state index contributed by atoms with van der Waals surface area (Å²) in [4.78, 5) is 11.5. The molecule has 0 heterocycles. The van der Waals surface area contributed by atoms with Crippen molar-refractivity contribution in [3.05, 3.63) is 29.8 Å². The van der Waals surface area contributed by atoms with E-state index in [2.05, 4.69) is 5.32 Å². The smallest absolute Gasteiger partial charge is 0.246 e. The third-order valence-electron chi connectivity index (χ3n) is 2.47. The summed E-state index contributed by atoms with van der Waals surface area (Å²) in [7, 11) is 1.61. The summed E-state index contributed by atoms with van der Waals surface area (Å²) in [6, 6.07) is 7.50. The summed E-state index contributed by atoms with van der Waals surface area (Å²) < 4.78 is 10.2. The maximum absolute atomic E-state index is 11.5. The van der Waals surface area contributed by atoms with Crippen LogP contribution in [-0.2, 0) is 9.53 Å². The second kappa shape index (κ2) is 7.68. The summed E-state index contributed by atoms with van der Waals surface area (Å²) in [5, 5.41) is 2.85. The first kappa shape index (κ1) is 14.5. The summed E-state index contributed by atoms with van der Waals surface area (Å²) in [6.07, 6.45) is 0. The Kier molecular flexibility index (Phi) is 6.18. The third-order valence-corrected chi connectivity index (χ3v) is 2.47. The molecule has 0 saturated carbocycles. The van der Waals surface area contributed by atoms with Gasteiger partial charge in [-0.05, 0) is 24.6 Å². The fraction of sp³-hybridized carbons (Fsp3) is 0.462. The quantitative estimate of drug-likeness (QED) is 0.705. The summed E-state index contributed by atoms with van der Waals surface area (Å²) in [5.41, 5.74) is 6.26. The molecule has 100 valence electrons. The molecule has 0 fully saturated rings. The Morgan fingerprint density at radius 2 is 2.28 bits per heavy atom. The van der Waals surface area contributed by atoms with Crippen LogP contribution in [0.1, 0.15) is 18.5 Å². The van der Waals surface area contributed by atoms with Crippen LogP contribution >= 0.6 is 0 Å². The van der Waals surface area contributed by atoms with Crippen LogP contribution in [0.2, 0.25) is 0 Å². The molecule has 0 aliphatic carbocycles. The summed E-state index contributed by atoms with van der Waals surface area (Å²) >= 11 is 0. The van der Waals surface area contributed by atoms with Gasteiger partial charge in [0.05, 0.1) is 19.8 Å². The summed E-state index contributed by atoms with van der Waals surface area (Å²) in [6.45, 7) is 2.75. The maximum Gasteiger partial charge on any atom is 0.246 e. The molecule has 0 aromatic heterocycles. The Hall–Kier alpha value is -1.59. The van der Waals surface area contributed by atoms with Gasteiger partial charge in [-0.1, -0.05) is 12.1 Å². The number of hydrogen-bond acceptors (Lipinski definition) is 4. The highest BCUT2D eigenvalue weighted by Gasteiger charge is 2.10. The van der Waals surface area contributed by atoms with Gasteiger partial charge < -0.3 is 20.5 Å². The molecule has 1 rings (SSSR count). The van der Waals surface area contributed by atoms with Crippen molar-refractivity contribution in [2.45, 2.75) is 13.0 Å². The molecule has 0 bridgehead atoms. The molecule has 3 N–H and O–H groups in total.